The minimum Gasteiger partial charge on any atom is -0.337 e. The second-order valence-corrected chi connectivity index (χ2v) is 8.71. The molecule has 0 bridgehead atoms. The molecule has 32 heavy (non-hydrogen) atoms. The van der Waals surface area contributed by atoms with Gasteiger partial charge in [-0.3, -0.25) is 9.69 Å². The second kappa shape index (κ2) is 9.01. The molecule has 8 nitrogen and oxygen atoms in total. The average Bonchev–Trinajstić information content (AvgIpc) is 2.71. The molecule has 0 fully saturated rings. The van der Waals surface area contributed by atoms with Crippen LogP contribution in [0, 0.1) is 17.5 Å². The maximum atomic E-state index is 14.3. The van der Waals surface area contributed by atoms with Gasteiger partial charge in [-0.1, -0.05) is 6.07 Å². The summed E-state index contributed by atoms with van der Waals surface area (Å²) in [6.45, 7) is 1.26. The topological polar surface area (TPSA) is 125 Å². The first-order valence-corrected chi connectivity index (χ1v) is 11.0. The van der Waals surface area contributed by atoms with Gasteiger partial charge in [-0.25, -0.2) is 31.5 Å². The zero-order valence-corrected chi connectivity index (χ0v) is 17.5. The van der Waals surface area contributed by atoms with Crippen molar-refractivity contribution in [2.45, 2.75) is 13.0 Å². The van der Waals surface area contributed by atoms with Crippen LogP contribution in [0.5, 0.6) is 0 Å². The van der Waals surface area contributed by atoms with E-state index < -0.39 is 56.2 Å². The Bertz CT molecular complexity index is 1330. The van der Waals surface area contributed by atoms with E-state index in [1.165, 1.54) is 24.4 Å². The number of primary sulfonamides is 1. The third kappa shape index (κ3) is 4.92. The van der Waals surface area contributed by atoms with Crippen LogP contribution in [0.2, 0.25) is 0 Å². The summed E-state index contributed by atoms with van der Waals surface area (Å²) < 4.78 is 63.7. The number of halogens is 3. The number of amides is 2. The number of hydrogen-bond donors (Lipinski definition) is 3. The van der Waals surface area contributed by atoms with Gasteiger partial charge in [-0.2, -0.15) is 0 Å². The summed E-state index contributed by atoms with van der Waals surface area (Å²) >= 11 is 0. The smallest absolute Gasteiger partial charge is 0.322 e. The number of anilines is 1. The number of pyridine rings is 1. The lowest BCUT2D eigenvalue weighted by atomic mass is 10.0. The van der Waals surface area contributed by atoms with E-state index in [2.05, 4.69) is 10.3 Å². The molecule has 4 N–H and O–H groups in total. The zero-order chi connectivity index (χ0) is 23.6. The van der Waals surface area contributed by atoms with Gasteiger partial charge in [0.05, 0.1) is 17.2 Å². The third-order valence-corrected chi connectivity index (χ3v) is 5.59. The molecule has 0 unspecified atom stereocenters. The molecule has 0 aliphatic carbocycles. The molecule has 170 valence electrons. The number of rotatable bonds is 6. The van der Waals surface area contributed by atoms with Crippen molar-refractivity contribution in [3.8, 4) is 0 Å². The normalized spacial score (nSPS) is 12.5. The number of nitrogens with two attached hydrogens (primary N) is 1. The number of carbonyl (C=O) groups excluding carboxylic acids is 1. The van der Waals surface area contributed by atoms with E-state index in [1.807, 2.05) is 0 Å². The molecule has 12 heteroatoms. The number of carbonyl (C=O) groups is 1. The fourth-order valence-corrected chi connectivity index (χ4v) is 3.68. The Morgan fingerprint density at radius 2 is 1.81 bits per heavy atom. The first-order valence-electron chi connectivity index (χ1n) is 9.32. The van der Waals surface area contributed by atoms with Gasteiger partial charge in [0.1, 0.15) is 5.82 Å². The molecule has 2 aromatic carbocycles. The van der Waals surface area contributed by atoms with Gasteiger partial charge in [-0.05, 0) is 48.2 Å². The average molecular weight is 468 g/mol. The highest BCUT2D eigenvalue weighted by atomic mass is 32.2. The summed E-state index contributed by atoms with van der Waals surface area (Å²) in [5.41, 5.74) is -0.350. The van der Waals surface area contributed by atoms with Gasteiger partial charge in [0.25, 0.3) is 5.56 Å². The quantitative estimate of drug-likeness (QED) is 0.514. The molecule has 0 spiro atoms. The molecule has 1 aromatic heterocycles. The Morgan fingerprint density at radius 3 is 2.44 bits per heavy atom. The van der Waals surface area contributed by atoms with E-state index in [0.717, 1.165) is 23.1 Å². The highest BCUT2D eigenvalue weighted by molar-refractivity contribution is 7.89. The number of nitrogens with one attached hydrogen (secondary N) is 2. The van der Waals surface area contributed by atoms with Crippen LogP contribution < -0.4 is 20.9 Å². The number of aromatic amines is 1. The highest BCUT2D eigenvalue weighted by Crippen LogP contribution is 2.31. The Labute approximate surface area is 180 Å². The van der Waals surface area contributed by atoms with Gasteiger partial charge in [0, 0.05) is 18.4 Å². The van der Waals surface area contributed by atoms with Crippen molar-refractivity contribution in [1.29, 1.82) is 0 Å². The van der Waals surface area contributed by atoms with E-state index >= 15 is 0 Å². The van der Waals surface area contributed by atoms with Crippen LogP contribution in [0.4, 0.5) is 23.7 Å². The van der Waals surface area contributed by atoms with Crippen molar-refractivity contribution in [2.24, 2.45) is 5.14 Å². The molecule has 3 rings (SSSR count). The molecule has 0 saturated heterocycles. The van der Waals surface area contributed by atoms with Crippen molar-refractivity contribution < 1.29 is 26.4 Å². The molecule has 0 aliphatic rings. The number of fused-ring (bicyclic) bond motifs is 1. The van der Waals surface area contributed by atoms with Crippen LogP contribution >= 0.6 is 0 Å². The summed E-state index contributed by atoms with van der Waals surface area (Å²) in [4.78, 5) is 28.5. The third-order valence-electron chi connectivity index (χ3n) is 4.82. The van der Waals surface area contributed by atoms with Gasteiger partial charge >= 0.3 is 6.03 Å². The standard InChI is InChI=1S/C20H19F3N4O4S/c1-11(15-10-26-19(28)17-14(15)6-7-16(22)18(17)23)27(13-4-2-12(21)3-5-13)20(29)25-8-9-32(24,30)31/h2-7,10-11H,8-9H2,1H3,(H,25,29)(H,26,28)(H2,24,30,31)/t11-/m1/s1. The van der Waals surface area contributed by atoms with Gasteiger partial charge in [-0.15, -0.1) is 0 Å². The molecule has 1 atom stereocenters. The summed E-state index contributed by atoms with van der Waals surface area (Å²) in [7, 11) is -3.83. The lowest BCUT2D eigenvalue weighted by Gasteiger charge is -2.30. The number of aromatic nitrogens is 1. The molecule has 0 aliphatic heterocycles. The van der Waals surface area contributed by atoms with Crippen molar-refractivity contribution in [3.63, 3.8) is 0 Å². The van der Waals surface area contributed by atoms with E-state index in [1.54, 1.807) is 6.92 Å². The van der Waals surface area contributed by atoms with Gasteiger partial charge in [0.15, 0.2) is 11.6 Å². The van der Waals surface area contributed by atoms with Crippen LogP contribution in [0.25, 0.3) is 10.8 Å². The lowest BCUT2D eigenvalue weighted by molar-refractivity contribution is 0.245. The van der Waals surface area contributed by atoms with Gasteiger partial charge in [0.2, 0.25) is 10.0 Å². The zero-order valence-electron chi connectivity index (χ0n) is 16.7. The van der Waals surface area contributed by atoms with Crippen LogP contribution in [0.15, 0.2) is 47.4 Å². The molecule has 1 heterocycles. The number of benzene rings is 2. The lowest BCUT2D eigenvalue weighted by Crippen LogP contribution is -2.43. The van der Waals surface area contributed by atoms with Crippen LogP contribution in [-0.2, 0) is 10.0 Å². The molecule has 0 saturated carbocycles. The van der Waals surface area contributed by atoms with Crippen molar-refractivity contribution in [3.05, 3.63) is 76.0 Å². The Kier molecular flexibility index (Phi) is 6.55. The summed E-state index contributed by atoms with van der Waals surface area (Å²) in [5, 5.41) is 6.92. The first-order chi connectivity index (χ1) is 15.0. The summed E-state index contributed by atoms with van der Waals surface area (Å²) in [6, 6.07) is 5.32. The Morgan fingerprint density at radius 1 is 1.16 bits per heavy atom. The monoisotopic (exact) mass is 468 g/mol. The minimum absolute atomic E-state index is 0.0737. The molecular weight excluding hydrogens is 449 g/mol. The Hall–Kier alpha value is -3.38. The van der Waals surface area contributed by atoms with Gasteiger partial charge < -0.3 is 10.3 Å². The van der Waals surface area contributed by atoms with Crippen LogP contribution in [0.3, 0.4) is 0 Å². The number of nitrogens with zero attached hydrogens (tertiary/aromatic N) is 1. The number of H-pyrrole nitrogens is 1. The molecular formula is C20H19F3N4O4S. The maximum Gasteiger partial charge on any atom is 0.322 e. The second-order valence-electron chi connectivity index (χ2n) is 6.98. The summed E-state index contributed by atoms with van der Waals surface area (Å²) in [5.74, 6) is -3.60. The Balaban J connectivity index is 2.08. The number of urea groups is 1. The fraction of sp³-hybridized carbons (Fsp3) is 0.200. The predicted molar refractivity (Wildman–Crippen MR) is 113 cm³/mol. The number of sulfonamides is 1. The largest absolute Gasteiger partial charge is 0.337 e. The number of hydrogen-bond acceptors (Lipinski definition) is 4. The predicted octanol–water partition coefficient (Wildman–Crippen LogP) is 2.51. The fourth-order valence-electron chi connectivity index (χ4n) is 3.29. The first kappa shape index (κ1) is 23.3. The van der Waals surface area contributed by atoms with E-state index in [0.29, 0.717) is 0 Å². The maximum absolute atomic E-state index is 14.3. The van der Waals surface area contributed by atoms with Crippen LogP contribution in [0.1, 0.15) is 18.5 Å². The van der Waals surface area contributed by atoms with Crippen LogP contribution in [-0.4, -0.2) is 31.7 Å². The molecule has 3 aromatic rings. The van der Waals surface area contributed by atoms with E-state index in [-0.39, 0.29) is 23.2 Å². The van der Waals surface area contributed by atoms with Crippen molar-refractivity contribution >= 4 is 32.5 Å². The summed E-state index contributed by atoms with van der Waals surface area (Å²) in [6.07, 6.45) is 1.26. The molecule has 0 radical (unpaired) electrons. The highest BCUT2D eigenvalue weighted by Gasteiger charge is 2.26. The SMILES string of the molecule is C[C@H](c1c[nH]c(=O)c2c(F)c(F)ccc12)N(C(=O)NCCS(N)(=O)=O)c1ccc(F)cc1. The van der Waals surface area contributed by atoms with E-state index in [4.69, 9.17) is 5.14 Å². The van der Waals surface area contributed by atoms with Crippen molar-refractivity contribution in [1.82, 2.24) is 10.3 Å². The minimum atomic E-state index is -3.83. The van der Waals surface area contributed by atoms with Crippen molar-refractivity contribution in [2.75, 3.05) is 17.2 Å². The molecule has 2 amide bonds. The van der Waals surface area contributed by atoms with E-state index in [9.17, 15) is 31.2 Å².